The first-order chi connectivity index (χ1) is 10.6. The van der Waals surface area contributed by atoms with Crippen LogP contribution >= 0.6 is 0 Å². The fourth-order valence-electron chi connectivity index (χ4n) is 2.55. The second kappa shape index (κ2) is 5.85. The summed E-state index contributed by atoms with van der Waals surface area (Å²) in [4.78, 5) is 23.8. The van der Waals surface area contributed by atoms with Crippen LogP contribution in [-0.2, 0) is 11.2 Å². The number of nitro benzene ring substituents is 1. The highest BCUT2D eigenvalue weighted by Crippen LogP contribution is 2.27. The van der Waals surface area contributed by atoms with Crippen LogP contribution in [0.3, 0.4) is 0 Å². The number of nitro groups is 1. The van der Waals surface area contributed by atoms with Crippen LogP contribution in [0.2, 0.25) is 0 Å². The number of cyclic esters (lactones) is 1. The highest BCUT2D eigenvalue weighted by atomic mass is 16.6. The zero-order chi connectivity index (χ0) is 15.5. The summed E-state index contributed by atoms with van der Waals surface area (Å²) in [6.07, 6.45) is 0.249. The predicted octanol–water partition coefficient (Wildman–Crippen LogP) is 3.16. The number of carbonyl (C=O) groups is 1. The van der Waals surface area contributed by atoms with E-state index in [0.717, 1.165) is 5.56 Å². The summed E-state index contributed by atoms with van der Waals surface area (Å²) in [6.45, 7) is 0.310. The van der Waals surface area contributed by atoms with E-state index in [4.69, 9.17) is 4.74 Å². The Bertz CT molecular complexity index is 685. The number of ether oxygens (including phenoxy) is 1. The van der Waals surface area contributed by atoms with Crippen molar-refractivity contribution in [1.29, 1.82) is 0 Å². The predicted molar refractivity (Wildman–Crippen MR) is 80.9 cm³/mol. The molecule has 2 aromatic rings. The van der Waals surface area contributed by atoms with Gasteiger partial charge in [-0.05, 0) is 24.1 Å². The maximum Gasteiger partial charge on any atom is 0.414 e. The van der Waals surface area contributed by atoms with Gasteiger partial charge in [0.15, 0.2) is 0 Å². The molecule has 0 spiro atoms. The molecular formula is C16H14N2O4. The monoisotopic (exact) mass is 298 g/mol. The zero-order valence-corrected chi connectivity index (χ0v) is 11.7. The molecule has 1 atom stereocenters. The van der Waals surface area contributed by atoms with Gasteiger partial charge in [0.2, 0.25) is 0 Å². The highest BCUT2D eigenvalue weighted by Gasteiger charge is 2.34. The van der Waals surface area contributed by atoms with Crippen LogP contribution in [0.5, 0.6) is 0 Å². The van der Waals surface area contributed by atoms with Gasteiger partial charge >= 0.3 is 6.09 Å². The first-order valence-corrected chi connectivity index (χ1v) is 6.89. The maximum atomic E-state index is 12.0. The van der Waals surface area contributed by atoms with E-state index in [0.29, 0.717) is 18.7 Å². The van der Waals surface area contributed by atoms with Crippen molar-refractivity contribution in [3.63, 3.8) is 0 Å². The topological polar surface area (TPSA) is 72.7 Å². The third-order valence-corrected chi connectivity index (χ3v) is 3.61. The number of benzene rings is 2. The summed E-state index contributed by atoms with van der Waals surface area (Å²) in [6, 6.07) is 15.6. The lowest BCUT2D eigenvalue weighted by molar-refractivity contribution is -0.384. The van der Waals surface area contributed by atoms with E-state index in [-0.39, 0.29) is 11.7 Å². The Morgan fingerprint density at radius 3 is 2.45 bits per heavy atom. The number of hydrogen-bond acceptors (Lipinski definition) is 4. The van der Waals surface area contributed by atoms with Crippen molar-refractivity contribution in [2.45, 2.75) is 12.5 Å². The molecular weight excluding hydrogens is 284 g/mol. The van der Waals surface area contributed by atoms with Crippen LogP contribution in [0.1, 0.15) is 5.56 Å². The third-order valence-electron chi connectivity index (χ3n) is 3.61. The van der Waals surface area contributed by atoms with Crippen LogP contribution < -0.4 is 4.90 Å². The average Bonchev–Trinajstić information content (AvgIpc) is 2.89. The van der Waals surface area contributed by atoms with Crippen molar-refractivity contribution in [1.82, 2.24) is 0 Å². The number of rotatable bonds is 4. The fourth-order valence-corrected chi connectivity index (χ4v) is 2.55. The van der Waals surface area contributed by atoms with Crippen molar-refractivity contribution in [3.05, 3.63) is 70.3 Å². The van der Waals surface area contributed by atoms with Crippen molar-refractivity contribution in [3.8, 4) is 0 Å². The third kappa shape index (κ3) is 2.76. The summed E-state index contributed by atoms with van der Waals surface area (Å²) in [5.74, 6) is 0. The van der Waals surface area contributed by atoms with Crippen molar-refractivity contribution >= 4 is 17.5 Å². The van der Waals surface area contributed by atoms with Crippen LogP contribution in [-0.4, -0.2) is 23.7 Å². The number of nitrogens with zero attached hydrogens (tertiary/aromatic N) is 2. The molecule has 112 valence electrons. The number of hydrogen-bond donors (Lipinski definition) is 0. The minimum atomic E-state index is -0.465. The number of non-ortho nitro benzene ring substituents is 1. The molecule has 0 aliphatic carbocycles. The van der Waals surface area contributed by atoms with Crippen LogP contribution in [0, 0.1) is 10.1 Å². The fraction of sp³-hybridized carbons (Fsp3) is 0.188. The summed E-state index contributed by atoms with van der Waals surface area (Å²) in [7, 11) is 0. The normalized spacial score (nSPS) is 17.4. The van der Waals surface area contributed by atoms with Gasteiger partial charge in [-0.3, -0.25) is 15.0 Å². The molecule has 6 heteroatoms. The summed E-state index contributed by atoms with van der Waals surface area (Å²) >= 11 is 0. The second-order valence-electron chi connectivity index (χ2n) is 5.06. The zero-order valence-electron chi connectivity index (χ0n) is 11.7. The van der Waals surface area contributed by atoms with Crippen LogP contribution in [0.4, 0.5) is 16.2 Å². The van der Waals surface area contributed by atoms with E-state index in [1.807, 2.05) is 30.3 Å². The molecule has 1 aliphatic heterocycles. The SMILES string of the molecule is O=C1OCC(Cc2ccccc2)N1c1ccc([N+](=O)[O-])cc1. The standard InChI is InChI=1S/C16H14N2O4/c19-16-17(13-6-8-14(9-7-13)18(20)21)15(11-22-16)10-12-4-2-1-3-5-12/h1-9,15H,10-11H2. The highest BCUT2D eigenvalue weighted by molar-refractivity contribution is 5.90. The molecule has 0 saturated carbocycles. The molecule has 1 heterocycles. The molecule has 0 N–H and O–H groups in total. The van der Waals surface area contributed by atoms with Gasteiger partial charge in [-0.15, -0.1) is 0 Å². The van der Waals surface area contributed by atoms with Gasteiger partial charge in [0.05, 0.1) is 11.0 Å². The second-order valence-corrected chi connectivity index (χ2v) is 5.06. The Labute approximate surface area is 127 Å². The molecule has 1 fully saturated rings. The van der Waals surface area contributed by atoms with Gasteiger partial charge < -0.3 is 4.74 Å². The first-order valence-electron chi connectivity index (χ1n) is 6.89. The Hall–Kier alpha value is -2.89. The van der Waals surface area contributed by atoms with Gasteiger partial charge in [-0.2, -0.15) is 0 Å². The number of carbonyl (C=O) groups excluding carboxylic acids is 1. The molecule has 22 heavy (non-hydrogen) atoms. The maximum absolute atomic E-state index is 12.0. The molecule has 2 aromatic carbocycles. The van der Waals surface area contributed by atoms with Gasteiger partial charge in [0.1, 0.15) is 6.61 Å². The van der Waals surface area contributed by atoms with E-state index in [1.54, 1.807) is 17.0 Å². The Morgan fingerprint density at radius 2 is 1.82 bits per heavy atom. The minimum absolute atomic E-state index is 0.00377. The largest absolute Gasteiger partial charge is 0.447 e. The molecule has 1 saturated heterocycles. The molecule has 1 unspecified atom stereocenters. The van der Waals surface area contributed by atoms with Crippen molar-refractivity contribution in [2.24, 2.45) is 0 Å². The van der Waals surface area contributed by atoms with Gasteiger partial charge in [-0.25, -0.2) is 4.79 Å². The van der Waals surface area contributed by atoms with Crippen LogP contribution in [0.15, 0.2) is 54.6 Å². The minimum Gasteiger partial charge on any atom is -0.447 e. The van der Waals surface area contributed by atoms with Crippen LogP contribution in [0.25, 0.3) is 0 Å². The molecule has 1 aliphatic rings. The smallest absolute Gasteiger partial charge is 0.414 e. The lowest BCUT2D eigenvalue weighted by atomic mass is 10.1. The molecule has 0 bridgehead atoms. The van der Waals surface area contributed by atoms with Gasteiger partial charge in [0, 0.05) is 17.8 Å². The molecule has 0 aromatic heterocycles. The lowest BCUT2D eigenvalue weighted by Gasteiger charge is -2.21. The molecule has 0 radical (unpaired) electrons. The summed E-state index contributed by atoms with van der Waals surface area (Å²) < 4.78 is 5.14. The molecule has 6 nitrogen and oxygen atoms in total. The average molecular weight is 298 g/mol. The molecule has 1 amide bonds. The van der Waals surface area contributed by atoms with Gasteiger partial charge in [-0.1, -0.05) is 30.3 Å². The Kier molecular flexibility index (Phi) is 3.74. The Balaban J connectivity index is 1.83. The van der Waals surface area contributed by atoms with E-state index < -0.39 is 11.0 Å². The number of anilines is 1. The van der Waals surface area contributed by atoms with Crippen molar-refractivity contribution < 1.29 is 14.5 Å². The van der Waals surface area contributed by atoms with Gasteiger partial charge in [0.25, 0.3) is 5.69 Å². The number of amides is 1. The van der Waals surface area contributed by atoms with Crippen molar-refractivity contribution in [2.75, 3.05) is 11.5 Å². The lowest BCUT2D eigenvalue weighted by Crippen LogP contribution is -2.35. The first kappa shape index (κ1) is 14.1. The summed E-state index contributed by atoms with van der Waals surface area (Å²) in [5, 5.41) is 10.7. The molecule has 3 rings (SSSR count). The summed E-state index contributed by atoms with van der Waals surface area (Å²) in [5.41, 5.74) is 1.71. The quantitative estimate of drug-likeness (QED) is 0.642. The Morgan fingerprint density at radius 1 is 1.14 bits per heavy atom. The van der Waals surface area contributed by atoms with E-state index in [1.165, 1.54) is 12.1 Å². The van der Waals surface area contributed by atoms with E-state index in [2.05, 4.69) is 0 Å². The van der Waals surface area contributed by atoms with E-state index >= 15 is 0 Å². The van der Waals surface area contributed by atoms with E-state index in [9.17, 15) is 14.9 Å².